The standard InChI is InChI=1S/C15H25NO5/c1-2-3-5-8-13(17)9-6-4-7-11-16-15(20)21-12-10-14(18)19/h4,6-7,9,13,17H,2-3,5,8,10-12H2,1H3,(H,16,20)(H,18,19)/b7-4-,9-6+. The largest absolute Gasteiger partial charge is 0.481 e. The van der Waals surface area contributed by atoms with Gasteiger partial charge in [-0.15, -0.1) is 0 Å². The Kier molecular flexibility index (Phi) is 12.0. The van der Waals surface area contributed by atoms with Gasteiger partial charge in [-0.05, 0) is 6.42 Å². The molecule has 6 heteroatoms. The number of carbonyl (C=O) groups excluding carboxylic acids is 1. The van der Waals surface area contributed by atoms with Gasteiger partial charge in [0.05, 0.1) is 12.5 Å². The fourth-order valence-electron chi connectivity index (χ4n) is 1.46. The van der Waals surface area contributed by atoms with Gasteiger partial charge in [-0.1, -0.05) is 50.5 Å². The first kappa shape index (κ1) is 19.2. The fraction of sp³-hybridized carbons (Fsp3) is 0.600. The Bertz CT molecular complexity index is 352. The minimum atomic E-state index is -1.01. The number of nitrogens with one attached hydrogen (secondary N) is 1. The third-order valence-corrected chi connectivity index (χ3v) is 2.60. The molecule has 21 heavy (non-hydrogen) atoms. The maximum atomic E-state index is 11.1. The molecule has 0 aromatic carbocycles. The highest BCUT2D eigenvalue weighted by Crippen LogP contribution is 2.04. The van der Waals surface area contributed by atoms with E-state index in [0.29, 0.717) is 0 Å². The Hall–Kier alpha value is -1.82. The molecule has 0 aliphatic carbocycles. The molecule has 1 amide bonds. The van der Waals surface area contributed by atoms with E-state index in [-0.39, 0.29) is 19.6 Å². The molecule has 0 saturated heterocycles. The van der Waals surface area contributed by atoms with Crippen molar-refractivity contribution in [3.8, 4) is 0 Å². The Morgan fingerprint density at radius 3 is 2.71 bits per heavy atom. The summed E-state index contributed by atoms with van der Waals surface area (Å²) in [5.74, 6) is -1.01. The quantitative estimate of drug-likeness (QED) is 0.401. The number of carboxylic acids is 1. The number of amides is 1. The summed E-state index contributed by atoms with van der Waals surface area (Å²) in [6.07, 6.45) is 9.59. The summed E-state index contributed by atoms with van der Waals surface area (Å²) in [6.45, 7) is 2.25. The highest BCUT2D eigenvalue weighted by Gasteiger charge is 2.01. The number of aliphatic hydroxyl groups excluding tert-OH is 1. The molecule has 3 N–H and O–H groups in total. The maximum Gasteiger partial charge on any atom is 0.407 e. The number of hydrogen-bond acceptors (Lipinski definition) is 4. The van der Waals surface area contributed by atoms with Gasteiger partial charge < -0.3 is 20.3 Å². The molecule has 0 aliphatic heterocycles. The highest BCUT2D eigenvalue weighted by atomic mass is 16.5. The summed E-state index contributed by atoms with van der Waals surface area (Å²) in [5, 5.41) is 20.4. The van der Waals surface area contributed by atoms with Crippen molar-refractivity contribution >= 4 is 12.1 Å². The molecule has 0 aliphatic rings. The van der Waals surface area contributed by atoms with Gasteiger partial charge in [-0.3, -0.25) is 4.79 Å². The molecule has 1 atom stereocenters. The first-order valence-electron chi connectivity index (χ1n) is 7.20. The van der Waals surface area contributed by atoms with Gasteiger partial charge in [0.25, 0.3) is 0 Å². The van der Waals surface area contributed by atoms with Crippen LogP contribution in [0.25, 0.3) is 0 Å². The zero-order chi connectivity index (χ0) is 15.9. The van der Waals surface area contributed by atoms with Crippen molar-refractivity contribution in [1.29, 1.82) is 0 Å². The number of ether oxygens (including phenoxy) is 1. The van der Waals surface area contributed by atoms with E-state index in [0.717, 1.165) is 25.7 Å². The molecule has 0 aromatic heterocycles. The molecule has 0 saturated carbocycles. The van der Waals surface area contributed by atoms with Crippen molar-refractivity contribution in [2.75, 3.05) is 13.2 Å². The van der Waals surface area contributed by atoms with Gasteiger partial charge in [0.15, 0.2) is 0 Å². The highest BCUT2D eigenvalue weighted by molar-refractivity contribution is 5.69. The average Bonchev–Trinajstić information content (AvgIpc) is 2.42. The number of allylic oxidation sites excluding steroid dienone is 2. The second kappa shape index (κ2) is 13.2. The van der Waals surface area contributed by atoms with Crippen LogP contribution < -0.4 is 5.32 Å². The third kappa shape index (κ3) is 14.4. The van der Waals surface area contributed by atoms with E-state index in [4.69, 9.17) is 5.11 Å². The molecule has 0 bridgehead atoms. The second-order valence-electron chi connectivity index (χ2n) is 4.54. The zero-order valence-corrected chi connectivity index (χ0v) is 12.5. The van der Waals surface area contributed by atoms with Gasteiger partial charge >= 0.3 is 12.1 Å². The van der Waals surface area contributed by atoms with E-state index in [2.05, 4.69) is 17.0 Å². The molecule has 0 radical (unpaired) electrons. The predicted octanol–water partition coefficient (Wildman–Crippen LogP) is 2.24. The maximum absolute atomic E-state index is 11.1. The predicted molar refractivity (Wildman–Crippen MR) is 80.0 cm³/mol. The van der Waals surface area contributed by atoms with Gasteiger partial charge in [-0.25, -0.2) is 4.79 Å². The molecular weight excluding hydrogens is 274 g/mol. The molecule has 0 heterocycles. The first-order chi connectivity index (χ1) is 10.1. The van der Waals surface area contributed by atoms with Crippen molar-refractivity contribution < 1.29 is 24.5 Å². The summed E-state index contributed by atoms with van der Waals surface area (Å²) in [6, 6.07) is 0. The van der Waals surface area contributed by atoms with Crippen LogP contribution in [0.4, 0.5) is 4.79 Å². The van der Waals surface area contributed by atoms with Crippen LogP contribution in [-0.2, 0) is 9.53 Å². The lowest BCUT2D eigenvalue weighted by atomic mass is 10.1. The van der Waals surface area contributed by atoms with Crippen LogP contribution >= 0.6 is 0 Å². The van der Waals surface area contributed by atoms with Gasteiger partial charge in [0, 0.05) is 6.54 Å². The van der Waals surface area contributed by atoms with E-state index in [9.17, 15) is 14.7 Å². The summed E-state index contributed by atoms with van der Waals surface area (Å²) in [5.41, 5.74) is 0. The van der Waals surface area contributed by atoms with E-state index in [1.54, 1.807) is 24.3 Å². The van der Waals surface area contributed by atoms with Gasteiger partial charge in [0.2, 0.25) is 0 Å². The topological polar surface area (TPSA) is 95.9 Å². The number of aliphatic hydroxyl groups is 1. The minimum absolute atomic E-state index is 0.144. The number of carboxylic acid groups (broad SMARTS) is 1. The monoisotopic (exact) mass is 299 g/mol. The van der Waals surface area contributed by atoms with E-state index >= 15 is 0 Å². The molecule has 0 aromatic rings. The molecule has 1 unspecified atom stereocenters. The van der Waals surface area contributed by atoms with Crippen LogP contribution in [0.3, 0.4) is 0 Å². The average molecular weight is 299 g/mol. The Morgan fingerprint density at radius 2 is 2.05 bits per heavy atom. The van der Waals surface area contributed by atoms with Crippen molar-refractivity contribution in [3.63, 3.8) is 0 Å². The van der Waals surface area contributed by atoms with E-state index in [1.165, 1.54) is 0 Å². The number of rotatable bonds is 11. The third-order valence-electron chi connectivity index (χ3n) is 2.60. The number of carbonyl (C=O) groups is 2. The summed E-state index contributed by atoms with van der Waals surface area (Å²) < 4.78 is 4.63. The Balaban J connectivity index is 3.62. The molecule has 120 valence electrons. The van der Waals surface area contributed by atoms with Crippen molar-refractivity contribution in [3.05, 3.63) is 24.3 Å². The van der Waals surface area contributed by atoms with E-state index in [1.807, 2.05) is 0 Å². The smallest absolute Gasteiger partial charge is 0.407 e. The SMILES string of the molecule is CCCCCC(O)/C=C/C=C\CNC(=O)OCCC(=O)O. The molecule has 0 spiro atoms. The lowest BCUT2D eigenvalue weighted by molar-refractivity contribution is -0.137. The second-order valence-corrected chi connectivity index (χ2v) is 4.54. The fourth-order valence-corrected chi connectivity index (χ4v) is 1.46. The summed E-state index contributed by atoms with van der Waals surface area (Å²) in [4.78, 5) is 21.3. The minimum Gasteiger partial charge on any atom is -0.481 e. The van der Waals surface area contributed by atoms with Crippen LogP contribution in [0, 0.1) is 0 Å². The van der Waals surface area contributed by atoms with Crippen LogP contribution in [0.2, 0.25) is 0 Å². The number of aliphatic carboxylic acids is 1. The number of hydrogen-bond donors (Lipinski definition) is 3. The van der Waals surface area contributed by atoms with Crippen molar-refractivity contribution in [2.45, 2.75) is 45.1 Å². The summed E-state index contributed by atoms with van der Waals surface area (Å²) in [7, 11) is 0. The van der Waals surface area contributed by atoms with Crippen LogP contribution in [0.1, 0.15) is 39.0 Å². The zero-order valence-electron chi connectivity index (χ0n) is 12.5. The number of unbranched alkanes of at least 4 members (excludes halogenated alkanes) is 2. The van der Waals surface area contributed by atoms with Crippen molar-refractivity contribution in [2.24, 2.45) is 0 Å². The molecule has 0 rings (SSSR count). The molecule has 0 fully saturated rings. The number of alkyl carbamates (subject to hydrolysis) is 1. The first-order valence-corrected chi connectivity index (χ1v) is 7.20. The molecular formula is C15H25NO5. The lowest BCUT2D eigenvalue weighted by Gasteiger charge is -2.03. The molecule has 6 nitrogen and oxygen atoms in total. The Labute approximate surface area is 125 Å². The van der Waals surface area contributed by atoms with Crippen LogP contribution in [0.5, 0.6) is 0 Å². The summed E-state index contributed by atoms with van der Waals surface area (Å²) >= 11 is 0. The Morgan fingerprint density at radius 1 is 1.29 bits per heavy atom. The van der Waals surface area contributed by atoms with Gasteiger partial charge in [0.1, 0.15) is 6.61 Å². The van der Waals surface area contributed by atoms with Crippen molar-refractivity contribution in [1.82, 2.24) is 5.32 Å². The lowest BCUT2D eigenvalue weighted by Crippen LogP contribution is -2.25. The van der Waals surface area contributed by atoms with E-state index < -0.39 is 18.2 Å². The normalized spacial score (nSPS) is 12.7. The van der Waals surface area contributed by atoms with Gasteiger partial charge in [-0.2, -0.15) is 0 Å². The van der Waals surface area contributed by atoms with Crippen LogP contribution in [-0.4, -0.2) is 41.5 Å². The van der Waals surface area contributed by atoms with Crippen LogP contribution in [0.15, 0.2) is 24.3 Å².